The van der Waals surface area contributed by atoms with Crippen molar-refractivity contribution in [3.63, 3.8) is 0 Å². The summed E-state index contributed by atoms with van der Waals surface area (Å²) < 4.78 is 4.91. The average Bonchev–Trinajstić information content (AvgIpc) is 2.59. The third kappa shape index (κ3) is 5.18. The number of aromatic nitrogens is 2. The number of carbonyl (C=O) groups is 2. The fraction of sp³-hybridized carbons (Fsp3) is 0.294. The van der Waals surface area contributed by atoms with Crippen molar-refractivity contribution in [1.29, 1.82) is 0 Å². The molecule has 0 spiro atoms. The van der Waals surface area contributed by atoms with E-state index >= 15 is 0 Å². The molecule has 2 aromatic rings. The maximum absolute atomic E-state index is 11.7. The zero-order chi connectivity index (χ0) is 16.7. The highest BCUT2D eigenvalue weighted by molar-refractivity contribution is 5.89. The summed E-state index contributed by atoms with van der Waals surface area (Å²) >= 11 is 0. The Balaban J connectivity index is 1.75. The van der Waals surface area contributed by atoms with Crippen LogP contribution in [0.5, 0.6) is 0 Å². The van der Waals surface area contributed by atoms with Crippen LogP contribution in [0.3, 0.4) is 0 Å². The molecule has 0 saturated heterocycles. The molecule has 0 aliphatic heterocycles. The van der Waals surface area contributed by atoms with Crippen molar-refractivity contribution in [1.82, 2.24) is 15.3 Å². The van der Waals surface area contributed by atoms with Gasteiger partial charge in [0.25, 0.3) is 5.91 Å². The van der Waals surface area contributed by atoms with Gasteiger partial charge in [0.05, 0.1) is 11.9 Å². The SMILES string of the molecule is Cc1cnc(C(=O)OCC(=O)NCC(C)c2ccccc2)cn1. The summed E-state index contributed by atoms with van der Waals surface area (Å²) in [5.41, 5.74) is 1.93. The van der Waals surface area contributed by atoms with Crippen LogP contribution in [0.2, 0.25) is 0 Å². The number of benzene rings is 1. The quantitative estimate of drug-likeness (QED) is 0.823. The van der Waals surface area contributed by atoms with Crippen LogP contribution < -0.4 is 5.32 Å². The minimum absolute atomic E-state index is 0.0843. The van der Waals surface area contributed by atoms with E-state index in [2.05, 4.69) is 15.3 Å². The summed E-state index contributed by atoms with van der Waals surface area (Å²) in [5.74, 6) is -0.830. The van der Waals surface area contributed by atoms with Crippen molar-refractivity contribution in [3.8, 4) is 0 Å². The Morgan fingerprint density at radius 2 is 1.91 bits per heavy atom. The molecule has 0 aliphatic rings. The molecular formula is C17H19N3O3. The second kappa shape index (κ2) is 8.03. The van der Waals surface area contributed by atoms with Gasteiger partial charge in [-0.1, -0.05) is 37.3 Å². The molecule has 1 amide bonds. The lowest BCUT2D eigenvalue weighted by Crippen LogP contribution is -2.31. The van der Waals surface area contributed by atoms with Crippen LogP contribution >= 0.6 is 0 Å². The van der Waals surface area contributed by atoms with E-state index in [1.807, 2.05) is 37.3 Å². The largest absolute Gasteiger partial charge is 0.451 e. The van der Waals surface area contributed by atoms with E-state index < -0.39 is 5.97 Å². The Bertz CT molecular complexity index is 657. The third-order valence-corrected chi connectivity index (χ3v) is 3.30. The van der Waals surface area contributed by atoms with Crippen molar-refractivity contribution in [2.24, 2.45) is 0 Å². The lowest BCUT2D eigenvalue weighted by atomic mass is 10.0. The van der Waals surface area contributed by atoms with Crippen LogP contribution in [0.15, 0.2) is 42.7 Å². The number of hydrogen-bond acceptors (Lipinski definition) is 5. The smallest absolute Gasteiger partial charge is 0.359 e. The molecule has 1 atom stereocenters. The van der Waals surface area contributed by atoms with Crippen molar-refractivity contribution in [2.75, 3.05) is 13.2 Å². The molecule has 1 aromatic carbocycles. The normalized spacial score (nSPS) is 11.6. The summed E-state index contributed by atoms with van der Waals surface area (Å²) in [7, 11) is 0. The molecule has 2 rings (SSSR count). The van der Waals surface area contributed by atoms with Crippen LogP contribution in [-0.2, 0) is 9.53 Å². The van der Waals surface area contributed by atoms with Crippen molar-refractivity contribution >= 4 is 11.9 Å². The van der Waals surface area contributed by atoms with E-state index in [1.54, 1.807) is 6.92 Å². The second-order valence-corrected chi connectivity index (χ2v) is 5.23. The molecule has 0 radical (unpaired) electrons. The molecule has 0 fully saturated rings. The Morgan fingerprint density at radius 3 is 2.57 bits per heavy atom. The van der Waals surface area contributed by atoms with Crippen molar-refractivity contribution in [2.45, 2.75) is 19.8 Å². The zero-order valence-electron chi connectivity index (χ0n) is 13.2. The molecule has 120 valence electrons. The standard InChI is InChI=1S/C17H19N3O3/c1-12(14-6-4-3-5-7-14)8-20-16(21)11-23-17(22)15-10-18-13(2)9-19-15/h3-7,9-10,12H,8,11H2,1-2H3,(H,20,21). The molecule has 1 heterocycles. The maximum Gasteiger partial charge on any atom is 0.359 e. The summed E-state index contributed by atoms with van der Waals surface area (Å²) in [6, 6.07) is 9.87. The summed E-state index contributed by atoms with van der Waals surface area (Å²) in [6.45, 7) is 3.92. The Hall–Kier alpha value is -2.76. The first-order chi connectivity index (χ1) is 11.1. The van der Waals surface area contributed by atoms with Crippen LogP contribution in [0.25, 0.3) is 0 Å². The van der Waals surface area contributed by atoms with Crippen LogP contribution in [0.4, 0.5) is 0 Å². The molecule has 1 aromatic heterocycles. The Kier molecular flexibility index (Phi) is 5.80. The highest BCUT2D eigenvalue weighted by Gasteiger charge is 2.13. The predicted octanol–water partition coefficient (Wildman–Crippen LogP) is 1.86. The van der Waals surface area contributed by atoms with Gasteiger partial charge in [0, 0.05) is 12.7 Å². The molecule has 1 unspecified atom stereocenters. The molecule has 1 N–H and O–H groups in total. The highest BCUT2D eigenvalue weighted by atomic mass is 16.5. The monoisotopic (exact) mass is 313 g/mol. The van der Waals surface area contributed by atoms with Crippen molar-refractivity contribution in [3.05, 3.63) is 59.7 Å². The van der Waals surface area contributed by atoms with Gasteiger partial charge < -0.3 is 10.1 Å². The lowest BCUT2D eigenvalue weighted by molar-refractivity contribution is -0.124. The van der Waals surface area contributed by atoms with Gasteiger partial charge in [-0.05, 0) is 18.4 Å². The van der Waals surface area contributed by atoms with Gasteiger partial charge in [0.15, 0.2) is 12.3 Å². The van der Waals surface area contributed by atoms with E-state index in [1.165, 1.54) is 12.4 Å². The van der Waals surface area contributed by atoms with E-state index in [4.69, 9.17) is 4.74 Å². The number of aryl methyl sites for hydroxylation is 1. The number of nitrogens with zero attached hydrogens (tertiary/aromatic N) is 2. The number of amides is 1. The molecular weight excluding hydrogens is 294 g/mol. The van der Waals surface area contributed by atoms with Gasteiger partial charge >= 0.3 is 5.97 Å². The number of nitrogens with one attached hydrogen (secondary N) is 1. The van der Waals surface area contributed by atoms with Gasteiger partial charge in [0.2, 0.25) is 0 Å². The number of ether oxygens (including phenoxy) is 1. The highest BCUT2D eigenvalue weighted by Crippen LogP contribution is 2.12. The summed E-state index contributed by atoms with van der Waals surface area (Å²) in [4.78, 5) is 31.3. The maximum atomic E-state index is 11.7. The average molecular weight is 313 g/mol. The number of hydrogen-bond donors (Lipinski definition) is 1. The number of esters is 1. The fourth-order valence-corrected chi connectivity index (χ4v) is 1.92. The third-order valence-electron chi connectivity index (χ3n) is 3.30. The minimum Gasteiger partial charge on any atom is -0.451 e. The fourth-order valence-electron chi connectivity index (χ4n) is 1.92. The van der Waals surface area contributed by atoms with Gasteiger partial charge in [-0.3, -0.25) is 9.78 Å². The topological polar surface area (TPSA) is 81.2 Å². The van der Waals surface area contributed by atoms with Gasteiger partial charge in [-0.2, -0.15) is 0 Å². The summed E-state index contributed by atoms with van der Waals surface area (Å²) in [5, 5.41) is 2.74. The van der Waals surface area contributed by atoms with E-state index in [9.17, 15) is 9.59 Å². The first kappa shape index (κ1) is 16.6. The van der Waals surface area contributed by atoms with Crippen LogP contribution in [0, 0.1) is 6.92 Å². The number of rotatable bonds is 6. The Labute approximate surface area is 134 Å². The van der Waals surface area contributed by atoms with E-state index in [0.717, 1.165) is 5.56 Å². The number of carbonyl (C=O) groups excluding carboxylic acids is 2. The molecule has 6 heteroatoms. The molecule has 23 heavy (non-hydrogen) atoms. The van der Waals surface area contributed by atoms with Gasteiger partial charge in [-0.25, -0.2) is 9.78 Å². The minimum atomic E-state index is -0.663. The predicted molar refractivity (Wildman–Crippen MR) is 84.9 cm³/mol. The van der Waals surface area contributed by atoms with Crippen LogP contribution in [-0.4, -0.2) is 35.0 Å². The molecule has 0 saturated carbocycles. The van der Waals surface area contributed by atoms with E-state index in [0.29, 0.717) is 12.2 Å². The molecule has 0 bridgehead atoms. The lowest BCUT2D eigenvalue weighted by Gasteiger charge is -2.13. The first-order valence-electron chi connectivity index (χ1n) is 7.33. The van der Waals surface area contributed by atoms with E-state index in [-0.39, 0.29) is 24.1 Å². The second-order valence-electron chi connectivity index (χ2n) is 5.23. The van der Waals surface area contributed by atoms with Gasteiger partial charge in [-0.15, -0.1) is 0 Å². The van der Waals surface area contributed by atoms with Crippen molar-refractivity contribution < 1.29 is 14.3 Å². The zero-order valence-corrected chi connectivity index (χ0v) is 13.2. The molecule has 6 nitrogen and oxygen atoms in total. The summed E-state index contributed by atoms with van der Waals surface area (Å²) in [6.07, 6.45) is 2.80. The van der Waals surface area contributed by atoms with Crippen LogP contribution in [0.1, 0.15) is 34.6 Å². The Morgan fingerprint density at radius 1 is 1.17 bits per heavy atom. The van der Waals surface area contributed by atoms with Gasteiger partial charge in [0.1, 0.15) is 0 Å². The molecule has 0 aliphatic carbocycles. The first-order valence-corrected chi connectivity index (χ1v) is 7.33.